The Kier molecular flexibility index (Phi) is 6.18. The van der Waals surface area contributed by atoms with Gasteiger partial charge in [-0.15, -0.1) is 6.42 Å². The van der Waals surface area contributed by atoms with E-state index in [1.165, 1.54) is 25.5 Å². The fourth-order valence-corrected chi connectivity index (χ4v) is 4.31. The first kappa shape index (κ1) is 22.0. The third kappa shape index (κ3) is 4.01. The van der Waals surface area contributed by atoms with Crippen LogP contribution < -0.4 is 0 Å². The van der Waals surface area contributed by atoms with E-state index in [1.807, 2.05) is 0 Å². The molecule has 0 amide bonds. The number of terminal acetylenes is 1. The van der Waals surface area contributed by atoms with Crippen molar-refractivity contribution in [1.82, 2.24) is 0 Å². The molecule has 6 heteroatoms. The molecular formula is C25H28O6. The lowest BCUT2D eigenvalue weighted by molar-refractivity contribution is -0.366. The summed E-state index contributed by atoms with van der Waals surface area (Å²) in [5.41, 5.74) is 4.43. The number of aliphatic hydroxyl groups excluding tert-OH is 4. The average molecular weight is 424 g/mol. The van der Waals surface area contributed by atoms with Crippen LogP contribution in [0.2, 0.25) is 0 Å². The lowest BCUT2D eigenvalue weighted by Gasteiger charge is -2.47. The standard InChI is InChI=1S/C25H28O6/c1-3-16-10-11-20(25(30-2)24(29)23(28)22(27)21(14-26)31-25)13-19(16)12-15-4-6-17(7-5-15)18-8-9-18/h1,4-7,10-11,13,18,21-24,26-29H,8-9,12,14H2,2H3/t21-,22-,23+,24-,25+/m1/s1. The number of ether oxygens (including phenoxy) is 2. The zero-order valence-electron chi connectivity index (χ0n) is 17.4. The van der Waals surface area contributed by atoms with Crippen molar-refractivity contribution in [3.8, 4) is 12.3 Å². The summed E-state index contributed by atoms with van der Waals surface area (Å²) in [7, 11) is 1.34. The van der Waals surface area contributed by atoms with Gasteiger partial charge in [-0.25, -0.2) is 0 Å². The van der Waals surface area contributed by atoms with Crippen LogP contribution in [0.5, 0.6) is 0 Å². The van der Waals surface area contributed by atoms with Crippen molar-refractivity contribution in [2.24, 2.45) is 0 Å². The van der Waals surface area contributed by atoms with E-state index < -0.39 is 36.8 Å². The minimum absolute atomic E-state index is 0.440. The fraction of sp³-hybridized carbons (Fsp3) is 0.440. The lowest BCUT2D eigenvalue weighted by Crippen LogP contribution is -2.64. The first-order valence-corrected chi connectivity index (χ1v) is 10.5. The molecule has 1 saturated heterocycles. The van der Waals surface area contributed by atoms with E-state index in [9.17, 15) is 20.4 Å². The van der Waals surface area contributed by atoms with Crippen molar-refractivity contribution in [1.29, 1.82) is 0 Å². The zero-order valence-corrected chi connectivity index (χ0v) is 17.4. The predicted octanol–water partition coefficient (Wildman–Crippen LogP) is 1.41. The highest BCUT2D eigenvalue weighted by atomic mass is 16.7. The summed E-state index contributed by atoms with van der Waals surface area (Å²) in [4.78, 5) is 0. The van der Waals surface area contributed by atoms with E-state index in [-0.39, 0.29) is 0 Å². The maximum absolute atomic E-state index is 10.7. The number of hydrogen-bond donors (Lipinski definition) is 4. The Morgan fingerprint density at radius 1 is 1.10 bits per heavy atom. The summed E-state index contributed by atoms with van der Waals surface area (Å²) in [6.45, 7) is -0.543. The summed E-state index contributed by atoms with van der Waals surface area (Å²) in [5.74, 6) is 1.62. The van der Waals surface area contributed by atoms with Crippen LogP contribution in [0.25, 0.3) is 0 Å². The minimum atomic E-state index is -1.76. The van der Waals surface area contributed by atoms with Crippen LogP contribution in [0.1, 0.15) is 46.6 Å². The molecule has 1 aliphatic heterocycles. The van der Waals surface area contributed by atoms with Crippen molar-refractivity contribution in [2.45, 2.75) is 55.4 Å². The van der Waals surface area contributed by atoms with Crippen LogP contribution in [0.3, 0.4) is 0 Å². The maximum atomic E-state index is 10.7. The van der Waals surface area contributed by atoms with Crippen LogP contribution in [0, 0.1) is 12.3 Å². The average Bonchev–Trinajstić information content (AvgIpc) is 3.64. The van der Waals surface area contributed by atoms with E-state index in [0.29, 0.717) is 23.5 Å². The van der Waals surface area contributed by atoms with Gasteiger partial charge in [0.05, 0.1) is 6.61 Å². The Morgan fingerprint density at radius 3 is 2.39 bits per heavy atom. The smallest absolute Gasteiger partial charge is 0.224 e. The van der Waals surface area contributed by atoms with Gasteiger partial charge in [-0.1, -0.05) is 36.3 Å². The summed E-state index contributed by atoms with van der Waals surface area (Å²) in [6.07, 6.45) is 3.09. The van der Waals surface area contributed by atoms with Gasteiger partial charge < -0.3 is 29.9 Å². The van der Waals surface area contributed by atoms with Gasteiger partial charge in [0, 0.05) is 18.2 Å². The molecule has 31 heavy (non-hydrogen) atoms. The molecule has 1 heterocycles. The summed E-state index contributed by atoms with van der Waals surface area (Å²) >= 11 is 0. The monoisotopic (exact) mass is 424 g/mol. The van der Waals surface area contributed by atoms with Crippen molar-refractivity contribution in [3.05, 3.63) is 70.3 Å². The predicted molar refractivity (Wildman–Crippen MR) is 114 cm³/mol. The first-order chi connectivity index (χ1) is 14.9. The molecule has 1 aliphatic carbocycles. The van der Waals surface area contributed by atoms with Gasteiger partial charge in [-0.05, 0) is 54.0 Å². The number of hydrogen-bond acceptors (Lipinski definition) is 6. The maximum Gasteiger partial charge on any atom is 0.224 e. The van der Waals surface area contributed by atoms with Gasteiger partial charge in [-0.2, -0.15) is 0 Å². The zero-order chi connectivity index (χ0) is 22.2. The SMILES string of the molecule is C#Cc1ccc([C@]2(OC)O[C@H](CO)[C@@H](O)[C@H](O)[C@H]2O)cc1Cc1ccc(C2CC2)cc1. The topological polar surface area (TPSA) is 99.4 Å². The molecule has 6 nitrogen and oxygen atoms in total. The molecule has 2 fully saturated rings. The van der Waals surface area contributed by atoms with Gasteiger partial charge in [0.1, 0.15) is 24.4 Å². The molecule has 2 aromatic rings. The van der Waals surface area contributed by atoms with Crippen molar-refractivity contribution < 1.29 is 29.9 Å². The molecule has 0 bridgehead atoms. The van der Waals surface area contributed by atoms with E-state index in [0.717, 1.165) is 11.1 Å². The number of benzene rings is 2. The third-order valence-corrected chi connectivity index (χ3v) is 6.34. The van der Waals surface area contributed by atoms with Crippen molar-refractivity contribution in [3.63, 3.8) is 0 Å². The summed E-state index contributed by atoms with van der Waals surface area (Å²) in [5, 5.41) is 40.8. The highest BCUT2D eigenvalue weighted by Crippen LogP contribution is 2.41. The molecule has 0 radical (unpaired) electrons. The minimum Gasteiger partial charge on any atom is -0.394 e. The van der Waals surface area contributed by atoms with Crippen LogP contribution in [0.15, 0.2) is 42.5 Å². The first-order valence-electron chi connectivity index (χ1n) is 10.5. The molecule has 0 spiro atoms. The van der Waals surface area contributed by atoms with E-state index in [2.05, 4.69) is 30.2 Å². The second kappa shape index (κ2) is 8.71. The second-order valence-electron chi connectivity index (χ2n) is 8.35. The summed E-state index contributed by atoms with van der Waals surface area (Å²) in [6, 6.07) is 13.7. The molecule has 0 aromatic heterocycles. The third-order valence-electron chi connectivity index (χ3n) is 6.34. The highest BCUT2D eigenvalue weighted by Gasteiger charge is 2.55. The van der Waals surface area contributed by atoms with Crippen LogP contribution >= 0.6 is 0 Å². The molecular weight excluding hydrogens is 396 g/mol. The lowest BCUT2D eigenvalue weighted by atomic mass is 9.86. The number of methoxy groups -OCH3 is 1. The number of aliphatic hydroxyl groups is 4. The quantitative estimate of drug-likeness (QED) is 0.524. The van der Waals surface area contributed by atoms with E-state index >= 15 is 0 Å². The number of rotatable bonds is 6. The van der Waals surface area contributed by atoms with Gasteiger partial charge >= 0.3 is 0 Å². The van der Waals surface area contributed by atoms with Crippen LogP contribution in [-0.2, 0) is 21.7 Å². The molecule has 2 aliphatic rings. The van der Waals surface area contributed by atoms with Gasteiger partial charge in [0.15, 0.2) is 0 Å². The molecule has 0 unspecified atom stereocenters. The Labute approximate surface area is 182 Å². The summed E-state index contributed by atoms with van der Waals surface area (Å²) < 4.78 is 11.3. The fourth-order valence-electron chi connectivity index (χ4n) is 4.31. The molecule has 4 rings (SSSR count). The second-order valence-corrected chi connectivity index (χ2v) is 8.35. The molecule has 5 atom stereocenters. The van der Waals surface area contributed by atoms with Gasteiger partial charge in [-0.3, -0.25) is 0 Å². The molecule has 164 valence electrons. The molecule has 1 saturated carbocycles. The van der Waals surface area contributed by atoms with Gasteiger partial charge in [0.25, 0.3) is 0 Å². The van der Waals surface area contributed by atoms with Gasteiger partial charge in [0.2, 0.25) is 5.79 Å². The van der Waals surface area contributed by atoms with E-state index in [4.69, 9.17) is 15.9 Å². The molecule has 4 N–H and O–H groups in total. The molecule has 2 aromatic carbocycles. The Bertz CT molecular complexity index is 959. The largest absolute Gasteiger partial charge is 0.394 e. The Hall–Kier alpha value is -2.24. The Balaban J connectivity index is 1.69. The Morgan fingerprint density at radius 2 is 1.81 bits per heavy atom. The van der Waals surface area contributed by atoms with Crippen molar-refractivity contribution in [2.75, 3.05) is 13.7 Å². The van der Waals surface area contributed by atoms with Crippen LogP contribution in [-0.4, -0.2) is 58.6 Å². The highest BCUT2D eigenvalue weighted by molar-refractivity contribution is 5.46. The van der Waals surface area contributed by atoms with Crippen LogP contribution in [0.4, 0.5) is 0 Å². The van der Waals surface area contributed by atoms with Crippen molar-refractivity contribution >= 4 is 0 Å². The normalized spacial score (nSPS) is 30.7. The van der Waals surface area contributed by atoms with E-state index in [1.54, 1.807) is 18.2 Å².